The van der Waals surface area contributed by atoms with Crippen LogP contribution in [0.4, 0.5) is 0 Å². The largest absolute Gasteiger partial charge is 0.507 e. The first-order valence-electron chi connectivity index (χ1n) is 7.71. The van der Waals surface area contributed by atoms with Gasteiger partial charge in [0.15, 0.2) is 0 Å². The van der Waals surface area contributed by atoms with Crippen LogP contribution in [0.5, 0.6) is 5.75 Å². The Labute approximate surface area is 146 Å². The lowest BCUT2D eigenvalue weighted by Gasteiger charge is -2.23. The van der Waals surface area contributed by atoms with Crippen molar-refractivity contribution >= 4 is 28.9 Å². The molecule has 1 aliphatic heterocycles. The van der Waals surface area contributed by atoms with Crippen molar-refractivity contribution in [3.05, 3.63) is 58.6 Å². The van der Waals surface area contributed by atoms with Gasteiger partial charge in [-0.2, -0.15) is 0 Å². The Morgan fingerprint density at radius 3 is 2.74 bits per heavy atom. The summed E-state index contributed by atoms with van der Waals surface area (Å²) in [5, 5.41) is 10.9. The lowest BCUT2D eigenvalue weighted by atomic mass is 9.95. The van der Waals surface area contributed by atoms with Gasteiger partial charge in [-0.25, -0.2) is 0 Å². The van der Waals surface area contributed by atoms with Gasteiger partial charge in [-0.05, 0) is 62.8 Å². The van der Waals surface area contributed by atoms with E-state index in [0.717, 1.165) is 29.8 Å². The van der Waals surface area contributed by atoms with E-state index in [2.05, 4.69) is 43.3 Å². The number of allylic oxidation sites excluding steroid dienone is 1. The fourth-order valence-electron chi connectivity index (χ4n) is 2.79. The first-order valence-corrected chi connectivity index (χ1v) is 8.90. The molecule has 0 saturated heterocycles. The molecule has 0 amide bonds. The summed E-state index contributed by atoms with van der Waals surface area (Å²) in [6.07, 6.45) is 4.38. The highest BCUT2D eigenvalue weighted by molar-refractivity contribution is 7.99. The zero-order chi connectivity index (χ0) is 16.4. The summed E-state index contributed by atoms with van der Waals surface area (Å²) in [7, 11) is 4.18. The van der Waals surface area contributed by atoms with Crippen molar-refractivity contribution < 1.29 is 5.11 Å². The Balaban J connectivity index is 2.02. The maximum absolute atomic E-state index is 10.3. The van der Waals surface area contributed by atoms with Crippen LogP contribution >= 0.6 is 23.4 Å². The SMILES string of the molecule is CN(C)CCCC=C1c2ccccc2Sc2c(O)cc(Cl)cc21. The standard InChI is InChI=1S/C19H20ClNOS/c1-21(2)10-6-5-7-14-15-8-3-4-9-18(15)23-19-16(14)11-13(20)12-17(19)22/h3-4,7-9,11-12,22H,5-6,10H2,1-2H3. The van der Waals surface area contributed by atoms with E-state index >= 15 is 0 Å². The Bertz CT molecular complexity index is 755. The Kier molecular flexibility index (Phi) is 5.00. The van der Waals surface area contributed by atoms with Crippen LogP contribution < -0.4 is 0 Å². The fourth-order valence-corrected chi connectivity index (χ4v) is 4.10. The molecule has 1 heterocycles. The van der Waals surface area contributed by atoms with Gasteiger partial charge in [-0.3, -0.25) is 0 Å². The predicted molar refractivity (Wildman–Crippen MR) is 98.5 cm³/mol. The van der Waals surface area contributed by atoms with Gasteiger partial charge in [0.1, 0.15) is 5.75 Å². The first kappa shape index (κ1) is 16.4. The highest BCUT2D eigenvalue weighted by Gasteiger charge is 2.23. The van der Waals surface area contributed by atoms with Crippen molar-refractivity contribution in [2.45, 2.75) is 22.6 Å². The second kappa shape index (κ2) is 7.00. The molecule has 0 fully saturated rings. The Hall–Kier alpha value is -1.42. The summed E-state index contributed by atoms with van der Waals surface area (Å²) in [5.41, 5.74) is 3.42. The van der Waals surface area contributed by atoms with Gasteiger partial charge in [0, 0.05) is 15.5 Å². The van der Waals surface area contributed by atoms with Crippen LogP contribution in [0.25, 0.3) is 5.57 Å². The number of rotatable bonds is 4. The smallest absolute Gasteiger partial charge is 0.131 e. The molecule has 23 heavy (non-hydrogen) atoms. The van der Waals surface area contributed by atoms with Gasteiger partial charge in [0.2, 0.25) is 0 Å². The predicted octanol–water partition coefficient (Wildman–Crippen LogP) is 5.28. The van der Waals surface area contributed by atoms with E-state index in [0.29, 0.717) is 5.02 Å². The number of hydrogen-bond acceptors (Lipinski definition) is 3. The van der Waals surface area contributed by atoms with Crippen molar-refractivity contribution in [2.24, 2.45) is 0 Å². The molecule has 0 bridgehead atoms. The molecule has 2 aromatic rings. The van der Waals surface area contributed by atoms with E-state index in [1.807, 2.05) is 12.1 Å². The third-order valence-corrected chi connectivity index (χ3v) is 5.30. The number of phenols is 1. The minimum atomic E-state index is 0.256. The molecule has 0 unspecified atom stereocenters. The van der Waals surface area contributed by atoms with E-state index < -0.39 is 0 Å². The van der Waals surface area contributed by atoms with E-state index in [4.69, 9.17) is 11.6 Å². The number of phenolic OH excluding ortho intramolecular Hbond substituents is 1. The van der Waals surface area contributed by atoms with Crippen molar-refractivity contribution in [1.82, 2.24) is 4.90 Å². The maximum Gasteiger partial charge on any atom is 0.131 e. The fraction of sp³-hybridized carbons (Fsp3) is 0.263. The average Bonchev–Trinajstić information content (AvgIpc) is 2.51. The van der Waals surface area contributed by atoms with Crippen LogP contribution in [0, 0.1) is 0 Å². The zero-order valence-corrected chi connectivity index (χ0v) is 14.9. The highest BCUT2D eigenvalue weighted by atomic mass is 35.5. The van der Waals surface area contributed by atoms with Crippen LogP contribution in [-0.4, -0.2) is 30.6 Å². The van der Waals surface area contributed by atoms with Gasteiger partial charge in [0.05, 0.1) is 4.90 Å². The molecule has 0 radical (unpaired) electrons. The van der Waals surface area contributed by atoms with Gasteiger partial charge >= 0.3 is 0 Å². The third-order valence-electron chi connectivity index (χ3n) is 3.87. The summed E-state index contributed by atoms with van der Waals surface area (Å²) in [5.74, 6) is 0.256. The molecule has 0 saturated carbocycles. The molecule has 3 rings (SSSR count). The number of hydrogen-bond donors (Lipinski definition) is 1. The summed E-state index contributed by atoms with van der Waals surface area (Å²) in [4.78, 5) is 4.27. The van der Waals surface area contributed by atoms with E-state index in [1.165, 1.54) is 16.0 Å². The number of nitrogens with zero attached hydrogens (tertiary/aromatic N) is 1. The molecule has 1 N–H and O–H groups in total. The molecule has 0 aromatic heterocycles. The van der Waals surface area contributed by atoms with Crippen LogP contribution in [0.15, 0.2) is 52.3 Å². The van der Waals surface area contributed by atoms with Gasteiger partial charge < -0.3 is 10.0 Å². The molecular formula is C19H20ClNOS. The normalized spacial score (nSPS) is 14.9. The second-order valence-electron chi connectivity index (χ2n) is 5.96. The van der Waals surface area contributed by atoms with Crippen molar-refractivity contribution in [3.8, 4) is 5.75 Å². The number of fused-ring (bicyclic) bond motifs is 2. The summed E-state index contributed by atoms with van der Waals surface area (Å²) in [6, 6.07) is 11.9. The molecule has 2 nitrogen and oxygen atoms in total. The van der Waals surface area contributed by atoms with Gasteiger partial charge in [-0.1, -0.05) is 47.6 Å². The quantitative estimate of drug-likeness (QED) is 0.650. The minimum absolute atomic E-state index is 0.256. The second-order valence-corrected chi connectivity index (χ2v) is 7.45. The Morgan fingerprint density at radius 2 is 1.96 bits per heavy atom. The van der Waals surface area contributed by atoms with E-state index in [9.17, 15) is 5.11 Å². The summed E-state index contributed by atoms with van der Waals surface area (Å²) >= 11 is 7.78. The van der Waals surface area contributed by atoms with Crippen LogP contribution in [0.3, 0.4) is 0 Å². The monoisotopic (exact) mass is 345 g/mol. The summed E-state index contributed by atoms with van der Waals surface area (Å²) in [6.45, 7) is 1.06. The maximum atomic E-state index is 10.3. The van der Waals surface area contributed by atoms with Crippen molar-refractivity contribution in [2.75, 3.05) is 20.6 Å². The van der Waals surface area contributed by atoms with Crippen molar-refractivity contribution in [1.29, 1.82) is 0 Å². The third kappa shape index (κ3) is 3.57. The number of benzene rings is 2. The van der Waals surface area contributed by atoms with E-state index in [-0.39, 0.29) is 5.75 Å². The number of unbranched alkanes of at least 4 members (excludes halogenated alkanes) is 1. The van der Waals surface area contributed by atoms with Crippen LogP contribution in [0.1, 0.15) is 24.0 Å². The Morgan fingerprint density at radius 1 is 1.17 bits per heavy atom. The first-order chi connectivity index (χ1) is 11.1. The van der Waals surface area contributed by atoms with Crippen molar-refractivity contribution in [3.63, 3.8) is 0 Å². The number of aromatic hydroxyl groups is 1. The number of halogens is 1. The molecule has 0 atom stereocenters. The topological polar surface area (TPSA) is 23.5 Å². The highest BCUT2D eigenvalue weighted by Crippen LogP contribution is 2.49. The molecule has 0 aliphatic carbocycles. The zero-order valence-electron chi connectivity index (χ0n) is 13.3. The molecule has 0 spiro atoms. The van der Waals surface area contributed by atoms with Gasteiger partial charge in [0.25, 0.3) is 0 Å². The average molecular weight is 346 g/mol. The van der Waals surface area contributed by atoms with E-state index in [1.54, 1.807) is 17.8 Å². The lowest BCUT2D eigenvalue weighted by Crippen LogP contribution is -2.12. The minimum Gasteiger partial charge on any atom is -0.507 e. The summed E-state index contributed by atoms with van der Waals surface area (Å²) < 4.78 is 0. The molecular weight excluding hydrogens is 326 g/mol. The molecule has 1 aliphatic rings. The molecule has 2 aromatic carbocycles. The lowest BCUT2D eigenvalue weighted by molar-refractivity contribution is 0.402. The van der Waals surface area contributed by atoms with Gasteiger partial charge in [-0.15, -0.1) is 0 Å². The van der Waals surface area contributed by atoms with Crippen LogP contribution in [-0.2, 0) is 0 Å². The molecule has 120 valence electrons. The molecule has 4 heteroatoms. The van der Waals surface area contributed by atoms with Crippen LogP contribution in [0.2, 0.25) is 5.02 Å².